The molecule has 0 saturated heterocycles. The summed E-state index contributed by atoms with van der Waals surface area (Å²) in [5, 5.41) is 5.88. The Balaban J connectivity index is 1.55. The lowest BCUT2D eigenvalue weighted by atomic mass is 10.2. The fraction of sp³-hybridized carbons (Fsp3) is 0.273. The molecule has 0 bridgehead atoms. The van der Waals surface area contributed by atoms with E-state index in [1.165, 1.54) is 6.21 Å². The van der Waals surface area contributed by atoms with Crippen molar-refractivity contribution in [2.24, 2.45) is 10.9 Å². The van der Waals surface area contributed by atoms with E-state index in [0.29, 0.717) is 29.5 Å². The van der Waals surface area contributed by atoms with Crippen molar-refractivity contribution in [3.63, 3.8) is 0 Å². The molecule has 2 aromatic carbocycles. The van der Waals surface area contributed by atoms with Crippen molar-refractivity contribution in [3.8, 4) is 11.5 Å². The maximum absolute atomic E-state index is 12.5. The van der Waals surface area contributed by atoms with E-state index in [-0.39, 0.29) is 5.91 Å². The van der Waals surface area contributed by atoms with Gasteiger partial charge in [-0.3, -0.25) is 4.79 Å². The Bertz CT molecular complexity index is 860. The first kappa shape index (κ1) is 19.5. The lowest BCUT2D eigenvalue weighted by Crippen LogP contribution is -2.45. The molecule has 0 aromatic heterocycles. The number of benzene rings is 2. The van der Waals surface area contributed by atoms with Crippen molar-refractivity contribution in [1.82, 2.24) is 5.32 Å². The zero-order valence-electron chi connectivity index (χ0n) is 16.3. The normalized spacial score (nSPS) is 18.2. The van der Waals surface area contributed by atoms with Crippen LogP contribution in [0.4, 0.5) is 5.69 Å². The largest absolute Gasteiger partial charge is 0.493 e. The predicted molar refractivity (Wildman–Crippen MR) is 111 cm³/mol. The van der Waals surface area contributed by atoms with Gasteiger partial charge in [0.15, 0.2) is 0 Å². The van der Waals surface area contributed by atoms with E-state index in [1.807, 2.05) is 54.6 Å². The van der Waals surface area contributed by atoms with Gasteiger partial charge in [-0.25, -0.2) is 4.99 Å². The molecule has 146 valence electrons. The summed E-state index contributed by atoms with van der Waals surface area (Å²) in [5.41, 5.74) is 1.10. The fourth-order valence-electron chi connectivity index (χ4n) is 2.48. The molecule has 1 amide bonds. The highest BCUT2D eigenvalue weighted by Crippen LogP contribution is 2.20. The quantitative estimate of drug-likeness (QED) is 0.764. The van der Waals surface area contributed by atoms with Crippen LogP contribution in [-0.2, 0) is 4.79 Å². The van der Waals surface area contributed by atoms with E-state index in [0.717, 1.165) is 5.75 Å². The molecule has 1 heterocycles. The van der Waals surface area contributed by atoms with Crippen LogP contribution in [0.25, 0.3) is 0 Å². The van der Waals surface area contributed by atoms with E-state index in [2.05, 4.69) is 29.5 Å². The van der Waals surface area contributed by atoms with Gasteiger partial charge in [0.25, 0.3) is 11.8 Å². The lowest BCUT2D eigenvalue weighted by Gasteiger charge is -2.29. The maximum atomic E-state index is 12.5. The molecule has 0 saturated carbocycles. The van der Waals surface area contributed by atoms with Crippen molar-refractivity contribution in [2.45, 2.75) is 26.6 Å². The maximum Gasteiger partial charge on any atom is 0.275 e. The minimum absolute atomic E-state index is 0.256. The second kappa shape index (κ2) is 8.61. The molecule has 0 spiro atoms. The molecular weight excluding hydrogens is 354 g/mol. The van der Waals surface area contributed by atoms with Gasteiger partial charge in [0.2, 0.25) is 0 Å². The number of amides is 1. The molecule has 2 aromatic rings. The monoisotopic (exact) mass is 379 g/mol. The Morgan fingerprint density at radius 3 is 2.43 bits per heavy atom. The van der Waals surface area contributed by atoms with Crippen LogP contribution in [0.15, 0.2) is 71.4 Å². The highest BCUT2D eigenvalue weighted by molar-refractivity contribution is 6.18. The molecule has 0 fully saturated rings. The van der Waals surface area contributed by atoms with Crippen LogP contribution in [0.2, 0.25) is 0 Å². The van der Waals surface area contributed by atoms with E-state index in [4.69, 9.17) is 9.47 Å². The van der Waals surface area contributed by atoms with Gasteiger partial charge < -0.3 is 20.1 Å². The summed E-state index contributed by atoms with van der Waals surface area (Å²) >= 11 is 0. The van der Waals surface area contributed by atoms with Gasteiger partial charge in [-0.2, -0.15) is 0 Å². The summed E-state index contributed by atoms with van der Waals surface area (Å²) in [4.78, 5) is 16.8. The summed E-state index contributed by atoms with van der Waals surface area (Å²) in [6.45, 7) is 6.64. The van der Waals surface area contributed by atoms with Crippen LogP contribution in [0.1, 0.15) is 20.8 Å². The van der Waals surface area contributed by atoms with Crippen molar-refractivity contribution >= 4 is 17.8 Å². The number of aliphatic imine (C=N–C) groups is 1. The zero-order valence-corrected chi connectivity index (χ0v) is 16.3. The highest BCUT2D eigenvalue weighted by atomic mass is 16.5. The molecule has 0 radical (unpaired) electrons. The molecular formula is C22H25N3O3. The first-order chi connectivity index (χ1) is 13.4. The summed E-state index contributed by atoms with van der Waals surface area (Å²) in [5.74, 6) is 0.715. The minimum atomic E-state index is -0.958. The molecule has 3 rings (SSSR count). The third-order valence-corrected chi connectivity index (χ3v) is 3.96. The van der Waals surface area contributed by atoms with E-state index in [1.54, 1.807) is 13.1 Å². The third kappa shape index (κ3) is 5.36. The second-order valence-corrected chi connectivity index (χ2v) is 7.08. The lowest BCUT2D eigenvalue weighted by molar-refractivity contribution is -0.112. The van der Waals surface area contributed by atoms with Crippen LogP contribution in [-0.4, -0.2) is 24.6 Å². The van der Waals surface area contributed by atoms with Crippen molar-refractivity contribution < 1.29 is 14.3 Å². The fourth-order valence-corrected chi connectivity index (χ4v) is 2.48. The number of anilines is 1. The third-order valence-electron chi connectivity index (χ3n) is 3.96. The molecule has 1 unspecified atom stereocenters. The van der Waals surface area contributed by atoms with Gasteiger partial charge >= 0.3 is 0 Å². The van der Waals surface area contributed by atoms with Crippen molar-refractivity contribution in [3.05, 3.63) is 66.4 Å². The smallest absolute Gasteiger partial charge is 0.275 e. The number of para-hydroxylation sites is 1. The summed E-state index contributed by atoms with van der Waals surface area (Å²) in [7, 11) is 0. The van der Waals surface area contributed by atoms with Gasteiger partial charge in [0.1, 0.15) is 11.5 Å². The average molecular weight is 379 g/mol. The van der Waals surface area contributed by atoms with E-state index >= 15 is 0 Å². The molecule has 6 heteroatoms. The topological polar surface area (TPSA) is 72.0 Å². The number of ether oxygens (including phenoxy) is 2. The Morgan fingerprint density at radius 1 is 1.11 bits per heavy atom. The van der Waals surface area contributed by atoms with Crippen LogP contribution in [0.5, 0.6) is 11.5 Å². The number of carbonyl (C=O) groups excluding carboxylic acids is 1. The molecule has 1 atom stereocenters. The summed E-state index contributed by atoms with van der Waals surface area (Å²) < 4.78 is 11.5. The molecule has 28 heavy (non-hydrogen) atoms. The Kier molecular flexibility index (Phi) is 5.99. The Morgan fingerprint density at radius 2 is 1.82 bits per heavy atom. The first-order valence-electron chi connectivity index (χ1n) is 9.25. The van der Waals surface area contributed by atoms with E-state index < -0.39 is 5.85 Å². The summed E-state index contributed by atoms with van der Waals surface area (Å²) in [6, 6.07) is 16.7. The SMILES string of the molecule is CC(C)COc1ccc(NC(=O)C2=CNC(C)(Oc3ccccc3)N=C2)cc1. The molecule has 6 nitrogen and oxygen atoms in total. The van der Waals surface area contributed by atoms with Crippen molar-refractivity contribution in [1.29, 1.82) is 0 Å². The van der Waals surface area contributed by atoms with Gasteiger partial charge in [0.05, 0.1) is 12.2 Å². The second-order valence-electron chi connectivity index (χ2n) is 7.08. The van der Waals surface area contributed by atoms with E-state index in [9.17, 15) is 4.79 Å². The number of hydrogen-bond acceptors (Lipinski definition) is 5. The Labute approximate surface area is 165 Å². The van der Waals surface area contributed by atoms with Crippen LogP contribution < -0.4 is 20.1 Å². The van der Waals surface area contributed by atoms with Crippen LogP contribution in [0.3, 0.4) is 0 Å². The number of hydrogen-bond donors (Lipinski definition) is 2. The molecule has 1 aliphatic heterocycles. The number of nitrogens with zero attached hydrogens (tertiary/aromatic N) is 1. The van der Waals surface area contributed by atoms with Crippen molar-refractivity contribution in [2.75, 3.05) is 11.9 Å². The highest BCUT2D eigenvalue weighted by Gasteiger charge is 2.27. The van der Waals surface area contributed by atoms with Crippen LogP contribution >= 0.6 is 0 Å². The predicted octanol–water partition coefficient (Wildman–Crippen LogP) is 3.97. The molecule has 0 aliphatic carbocycles. The van der Waals surface area contributed by atoms with Gasteiger partial charge in [-0.15, -0.1) is 0 Å². The number of rotatable bonds is 7. The minimum Gasteiger partial charge on any atom is -0.493 e. The van der Waals surface area contributed by atoms with Gasteiger partial charge in [-0.05, 0) is 42.3 Å². The van der Waals surface area contributed by atoms with Gasteiger partial charge in [0, 0.05) is 25.0 Å². The first-order valence-corrected chi connectivity index (χ1v) is 9.25. The Hall–Kier alpha value is -3.28. The molecule has 1 aliphatic rings. The molecule has 2 N–H and O–H groups in total. The van der Waals surface area contributed by atoms with Gasteiger partial charge in [-0.1, -0.05) is 32.0 Å². The van der Waals surface area contributed by atoms with Crippen LogP contribution in [0, 0.1) is 5.92 Å². The average Bonchev–Trinajstić information content (AvgIpc) is 2.68. The zero-order chi connectivity index (χ0) is 20.0. The number of carbonyl (C=O) groups is 1. The standard InChI is InChI=1S/C22H25N3O3/c1-16(2)15-27-19-11-9-18(10-12-19)25-21(26)17-13-23-22(3,24-14-17)28-20-7-5-4-6-8-20/h4-14,16,23H,15H2,1-3H3,(H,25,26). The number of nitrogens with one attached hydrogen (secondary N) is 2. The summed E-state index contributed by atoms with van der Waals surface area (Å²) in [6.07, 6.45) is 3.11.